The van der Waals surface area contributed by atoms with Crippen LogP contribution in [0.15, 0.2) is 59.8 Å². The van der Waals surface area contributed by atoms with E-state index in [9.17, 15) is 18.0 Å². The number of carbonyl (C=O) groups is 2. The number of piperidine rings is 1. The van der Waals surface area contributed by atoms with Crippen LogP contribution in [0, 0.1) is 6.92 Å². The third-order valence-electron chi connectivity index (χ3n) is 6.92. The zero-order valence-electron chi connectivity index (χ0n) is 24.0. The number of nitrogens with zero attached hydrogens (tertiary/aromatic N) is 3. The molecule has 224 valence electrons. The Morgan fingerprint density at radius 2 is 1.83 bits per heavy atom. The minimum absolute atomic E-state index is 0.0515. The van der Waals surface area contributed by atoms with Gasteiger partial charge >= 0.3 is 5.97 Å². The normalized spacial score (nSPS) is 15.1. The highest BCUT2D eigenvalue weighted by Crippen LogP contribution is 2.29. The van der Waals surface area contributed by atoms with Gasteiger partial charge in [0.2, 0.25) is 5.95 Å². The van der Waals surface area contributed by atoms with Crippen LogP contribution >= 0.6 is 0 Å². The van der Waals surface area contributed by atoms with Crippen LogP contribution in [0.3, 0.4) is 0 Å². The number of para-hydroxylation sites is 2. The van der Waals surface area contributed by atoms with E-state index < -0.39 is 15.8 Å². The molecule has 1 atom stereocenters. The van der Waals surface area contributed by atoms with Gasteiger partial charge in [0, 0.05) is 25.5 Å². The molecule has 11 nitrogen and oxygen atoms in total. The highest BCUT2D eigenvalue weighted by Gasteiger charge is 2.24. The van der Waals surface area contributed by atoms with Crippen molar-refractivity contribution in [2.45, 2.75) is 50.7 Å². The molecule has 1 aromatic heterocycles. The first kappa shape index (κ1) is 30.8. The number of methoxy groups -OCH3 is 1. The molecule has 0 radical (unpaired) electrons. The number of aromatic nitrogens is 2. The highest BCUT2D eigenvalue weighted by atomic mass is 32.2. The lowest BCUT2D eigenvalue weighted by Crippen LogP contribution is -2.42. The fourth-order valence-corrected chi connectivity index (χ4v) is 5.90. The fraction of sp³-hybridized carbons (Fsp3) is 0.400. The van der Waals surface area contributed by atoms with Crippen molar-refractivity contribution in [3.05, 3.63) is 71.5 Å². The summed E-state index contributed by atoms with van der Waals surface area (Å²) in [5.41, 5.74) is 1.78. The summed E-state index contributed by atoms with van der Waals surface area (Å²) in [4.78, 5) is 35.1. The van der Waals surface area contributed by atoms with Gasteiger partial charge in [-0.2, -0.15) is 0 Å². The van der Waals surface area contributed by atoms with Crippen LogP contribution < -0.4 is 19.7 Å². The van der Waals surface area contributed by atoms with Gasteiger partial charge in [-0.25, -0.2) is 18.4 Å². The Morgan fingerprint density at radius 3 is 2.52 bits per heavy atom. The monoisotopic (exact) mass is 596 g/mol. The highest BCUT2D eigenvalue weighted by molar-refractivity contribution is 7.91. The summed E-state index contributed by atoms with van der Waals surface area (Å²) in [7, 11) is -2.42. The van der Waals surface area contributed by atoms with E-state index in [1.54, 1.807) is 13.0 Å². The molecule has 1 N–H and O–H groups in total. The molecular weight excluding hydrogens is 560 g/mol. The van der Waals surface area contributed by atoms with Gasteiger partial charge in [-0.1, -0.05) is 18.2 Å². The lowest BCUT2D eigenvalue weighted by molar-refractivity contribution is -0.140. The summed E-state index contributed by atoms with van der Waals surface area (Å²) in [6, 6.07) is 12.3. The predicted molar refractivity (Wildman–Crippen MR) is 157 cm³/mol. The minimum atomic E-state index is -3.64. The lowest BCUT2D eigenvalue weighted by atomic mass is 10.1. The summed E-state index contributed by atoms with van der Waals surface area (Å²) < 4.78 is 41.5. The molecule has 4 rings (SSSR count). The molecule has 0 aliphatic carbocycles. The Morgan fingerprint density at radius 1 is 1.10 bits per heavy atom. The van der Waals surface area contributed by atoms with Crippen molar-refractivity contribution in [2.24, 2.45) is 0 Å². The maximum absolute atomic E-state index is 12.8. The summed E-state index contributed by atoms with van der Waals surface area (Å²) in [5, 5.41) is 2.84. The number of rotatable bonds is 12. The number of esters is 1. The van der Waals surface area contributed by atoms with Crippen LogP contribution in [0.5, 0.6) is 11.5 Å². The van der Waals surface area contributed by atoms with Crippen LogP contribution in [0.25, 0.3) is 0 Å². The average molecular weight is 597 g/mol. The minimum Gasteiger partial charge on any atom is -0.490 e. The Labute approximate surface area is 246 Å². The molecule has 1 fully saturated rings. The third kappa shape index (κ3) is 7.96. The van der Waals surface area contributed by atoms with Gasteiger partial charge in [0.1, 0.15) is 6.10 Å². The topological polar surface area (TPSA) is 137 Å². The Bertz CT molecular complexity index is 1500. The van der Waals surface area contributed by atoms with Crippen molar-refractivity contribution in [1.82, 2.24) is 15.3 Å². The zero-order valence-corrected chi connectivity index (χ0v) is 24.9. The standard InChI is InChI=1S/C30H36N4O7S/c1-4-40-26-9-5-6-10-27(26)41-24-8-7-14-34(20-24)30-32-18-23(19-33-30)29(36)31-17-22-11-12-25(16-21(22)2)42(37,38)15-13-28(35)39-3/h5-6,9-12,16,18-19,24H,4,7-8,13-15,17,20H2,1-3H3,(H,31,36)/t24-/m1/s1. The van der Waals surface area contributed by atoms with Crippen molar-refractivity contribution in [3.63, 3.8) is 0 Å². The van der Waals surface area contributed by atoms with E-state index in [0.717, 1.165) is 30.7 Å². The van der Waals surface area contributed by atoms with Gasteiger partial charge in [0.25, 0.3) is 5.91 Å². The lowest BCUT2D eigenvalue weighted by Gasteiger charge is -2.33. The molecule has 42 heavy (non-hydrogen) atoms. The molecule has 0 spiro atoms. The number of ether oxygens (including phenoxy) is 3. The Balaban J connectivity index is 1.32. The van der Waals surface area contributed by atoms with Gasteiger partial charge in [0.05, 0.1) is 42.9 Å². The van der Waals surface area contributed by atoms with Gasteiger partial charge in [-0.3, -0.25) is 9.59 Å². The number of anilines is 1. The molecule has 2 heterocycles. The summed E-state index contributed by atoms with van der Waals surface area (Å²) in [6.07, 6.45) is 4.54. The van der Waals surface area contributed by atoms with Crippen LogP contribution in [-0.2, 0) is 25.9 Å². The number of nitrogens with one attached hydrogen (secondary N) is 1. The van der Waals surface area contributed by atoms with Crippen LogP contribution in [-0.4, -0.2) is 68.9 Å². The number of sulfone groups is 1. The number of aryl methyl sites for hydroxylation is 1. The average Bonchev–Trinajstić information content (AvgIpc) is 3.00. The number of carbonyl (C=O) groups excluding carboxylic acids is 2. The fourth-order valence-electron chi connectivity index (χ4n) is 4.59. The largest absolute Gasteiger partial charge is 0.490 e. The molecule has 1 aliphatic rings. The van der Waals surface area contributed by atoms with Crippen molar-refractivity contribution in [3.8, 4) is 11.5 Å². The van der Waals surface area contributed by atoms with Crippen molar-refractivity contribution >= 4 is 27.7 Å². The van der Waals surface area contributed by atoms with Crippen LogP contribution in [0.2, 0.25) is 0 Å². The quantitative estimate of drug-likeness (QED) is 0.309. The second-order valence-corrected chi connectivity index (χ2v) is 12.0. The van der Waals surface area contributed by atoms with Crippen molar-refractivity contribution in [1.29, 1.82) is 0 Å². The molecule has 1 saturated heterocycles. The number of benzene rings is 2. The van der Waals surface area contributed by atoms with E-state index in [-0.39, 0.29) is 35.6 Å². The Hall–Kier alpha value is -4.19. The maximum atomic E-state index is 12.8. The third-order valence-corrected chi connectivity index (χ3v) is 8.63. The first-order valence-electron chi connectivity index (χ1n) is 13.8. The van der Waals surface area contributed by atoms with E-state index in [4.69, 9.17) is 9.47 Å². The molecule has 12 heteroatoms. The number of amides is 1. The van der Waals surface area contributed by atoms with Crippen LogP contribution in [0.4, 0.5) is 5.95 Å². The predicted octanol–water partition coefficient (Wildman–Crippen LogP) is 3.50. The van der Waals surface area contributed by atoms with Crippen molar-refractivity contribution in [2.75, 3.05) is 37.5 Å². The molecule has 0 bridgehead atoms. The summed E-state index contributed by atoms with van der Waals surface area (Å²) in [6.45, 7) is 5.85. The molecule has 2 aromatic carbocycles. The van der Waals surface area contributed by atoms with Crippen molar-refractivity contribution < 1.29 is 32.2 Å². The molecular formula is C30H36N4O7S. The Kier molecular flexibility index (Phi) is 10.3. The number of hydrogen-bond donors (Lipinski definition) is 1. The maximum Gasteiger partial charge on any atom is 0.306 e. The molecule has 1 amide bonds. The van der Waals surface area contributed by atoms with E-state index in [2.05, 4.69) is 20.0 Å². The van der Waals surface area contributed by atoms with E-state index in [0.29, 0.717) is 36.0 Å². The van der Waals surface area contributed by atoms with Gasteiger partial charge in [-0.05, 0) is 62.1 Å². The second-order valence-electron chi connectivity index (χ2n) is 9.90. The SMILES string of the molecule is CCOc1ccccc1O[C@@H]1CCCN(c2ncc(C(=O)NCc3ccc(S(=O)(=O)CCC(=O)OC)cc3C)cn2)C1. The van der Waals surface area contributed by atoms with Gasteiger partial charge in [-0.15, -0.1) is 0 Å². The first-order chi connectivity index (χ1) is 20.2. The van der Waals surface area contributed by atoms with Crippen LogP contribution in [0.1, 0.15) is 47.7 Å². The second kappa shape index (κ2) is 14.1. The summed E-state index contributed by atoms with van der Waals surface area (Å²) >= 11 is 0. The zero-order chi connectivity index (χ0) is 30.1. The van der Waals surface area contributed by atoms with E-state index in [1.807, 2.05) is 36.1 Å². The first-order valence-corrected chi connectivity index (χ1v) is 15.5. The molecule has 3 aromatic rings. The molecule has 1 aliphatic heterocycles. The molecule has 0 saturated carbocycles. The van der Waals surface area contributed by atoms with E-state index >= 15 is 0 Å². The summed E-state index contributed by atoms with van der Waals surface area (Å²) in [5.74, 6) is 0.693. The molecule has 0 unspecified atom stereocenters. The van der Waals surface area contributed by atoms with Gasteiger partial charge < -0.3 is 24.4 Å². The van der Waals surface area contributed by atoms with E-state index in [1.165, 1.54) is 31.6 Å². The number of hydrogen-bond acceptors (Lipinski definition) is 10. The van der Waals surface area contributed by atoms with Gasteiger partial charge in [0.15, 0.2) is 21.3 Å². The smallest absolute Gasteiger partial charge is 0.306 e.